The van der Waals surface area contributed by atoms with Gasteiger partial charge in [-0.3, -0.25) is 4.90 Å². The molecule has 2 rings (SSSR count). The van der Waals surface area contributed by atoms with Crippen LogP contribution < -0.4 is 0 Å². The second-order valence-electron chi connectivity index (χ2n) is 7.11. The van der Waals surface area contributed by atoms with E-state index in [4.69, 9.17) is 5.53 Å². The fourth-order valence-electron chi connectivity index (χ4n) is 3.51. The first-order chi connectivity index (χ1) is 12.4. The predicted octanol–water partition coefficient (Wildman–Crippen LogP) is 6.40. The maximum absolute atomic E-state index is 10.5. The number of hydrogen-bond donors (Lipinski definition) is 1. The molecule has 0 aliphatic carbocycles. The van der Waals surface area contributed by atoms with Crippen molar-refractivity contribution in [3.8, 4) is 5.75 Å². The van der Waals surface area contributed by atoms with Crippen molar-refractivity contribution in [1.29, 1.82) is 0 Å². The normalized spacial score (nSPS) is 12.0. The van der Waals surface area contributed by atoms with Crippen LogP contribution in [0.3, 0.4) is 0 Å². The SMILES string of the molecule is CC(C)N(CC[C@H](c1ccccc1)c1cc(N=[N+]=[N-])ccc1O)C(C)C.Cl. The summed E-state index contributed by atoms with van der Waals surface area (Å²) < 4.78 is 0. The van der Waals surface area contributed by atoms with Crippen molar-refractivity contribution in [2.75, 3.05) is 6.54 Å². The maximum Gasteiger partial charge on any atom is 0.119 e. The van der Waals surface area contributed by atoms with Crippen LogP contribution in [0.4, 0.5) is 5.69 Å². The quantitative estimate of drug-likeness (QED) is 0.323. The Balaban J connectivity index is 0.00000364. The molecule has 0 spiro atoms. The number of phenols is 1. The fraction of sp³-hybridized carbons (Fsp3) is 0.429. The molecule has 0 aliphatic rings. The molecule has 0 bridgehead atoms. The second kappa shape index (κ2) is 10.8. The Bertz CT molecular complexity index is 750. The van der Waals surface area contributed by atoms with Crippen molar-refractivity contribution in [3.05, 3.63) is 70.1 Å². The highest BCUT2D eigenvalue weighted by atomic mass is 35.5. The third-order valence-corrected chi connectivity index (χ3v) is 4.75. The summed E-state index contributed by atoms with van der Waals surface area (Å²) in [5.41, 5.74) is 11.2. The molecule has 2 aromatic carbocycles. The van der Waals surface area contributed by atoms with Crippen LogP contribution in [0, 0.1) is 0 Å². The van der Waals surface area contributed by atoms with Gasteiger partial charge in [0, 0.05) is 34.2 Å². The topological polar surface area (TPSA) is 72.2 Å². The molecule has 5 nitrogen and oxygen atoms in total. The van der Waals surface area contributed by atoms with Crippen molar-refractivity contribution >= 4 is 18.1 Å². The van der Waals surface area contributed by atoms with Crippen molar-refractivity contribution in [3.63, 3.8) is 0 Å². The Hall–Kier alpha value is -2.20. The van der Waals surface area contributed by atoms with Crippen LogP contribution in [0.1, 0.15) is 51.2 Å². The molecular formula is C21H29ClN4O. The Labute approximate surface area is 168 Å². The first kappa shape index (κ1) is 22.8. The van der Waals surface area contributed by atoms with E-state index in [2.05, 4.69) is 54.8 Å². The lowest BCUT2D eigenvalue weighted by Gasteiger charge is -2.32. The maximum atomic E-state index is 10.5. The summed E-state index contributed by atoms with van der Waals surface area (Å²) in [4.78, 5) is 5.31. The highest BCUT2D eigenvalue weighted by molar-refractivity contribution is 5.85. The lowest BCUT2D eigenvalue weighted by molar-refractivity contribution is 0.170. The molecule has 0 fully saturated rings. The first-order valence-electron chi connectivity index (χ1n) is 9.12. The molecular weight excluding hydrogens is 360 g/mol. The molecule has 1 atom stereocenters. The van der Waals surface area contributed by atoms with Crippen molar-refractivity contribution in [2.24, 2.45) is 5.11 Å². The van der Waals surface area contributed by atoms with Crippen LogP contribution in [0.5, 0.6) is 5.75 Å². The van der Waals surface area contributed by atoms with Gasteiger partial charge >= 0.3 is 0 Å². The zero-order valence-electron chi connectivity index (χ0n) is 16.4. The molecule has 0 unspecified atom stereocenters. The van der Waals surface area contributed by atoms with Gasteiger partial charge in [0.2, 0.25) is 0 Å². The van der Waals surface area contributed by atoms with Crippen LogP contribution in [0.25, 0.3) is 10.4 Å². The number of hydrogen-bond acceptors (Lipinski definition) is 3. The lowest BCUT2D eigenvalue weighted by Crippen LogP contribution is -2.38. The van der Waals surface area contributed by atoms with E-state index in [1.165, 1.54) is 0 Å². The summed E-state index contributed by atoms with van der Waals surface area (Å²) in [7, 11) is 0. The van der Waals surface area contributed by atoms with Gasteiger partial charge in [-0.1, -0.05) is 35.4 Å². The second-order valence-corrected chi connectivity index (χ2v) is 7.11. The highest BCUT2D eigenvalue weighted by Gasteiger charge is 2.21. The van der Waals surface area contributed by atoms with Gasteiger partial charge in [-0.25, -0.2) is 0 Å². The largest absolute Gasteiger partial charge is 0.508 e. The summed E-state index contributed by atoms with van der Waals surface area (Å²) in [5.74, 6) is 0.265. The third kappa shape index (κ3) is 6.17. The minimum absolute atomic E-state index is 0. The summed E-state index contributed by atoms with van der Waals surface area (Å²) in [5, 5.41) is 14.2. The Morgan fingerprint density at radius 3 is 2.22 bits per heavy atom. The van der Waals surface area contributed by atoms with E-state index in [0.717, 1.165) is 24.1 Å². The van der Waals surface area contributed by atoms with Crippen LogP contribution in [0.2, 0.25) is 0 Å². The molecule has 1 N–H and O–H groups in total. The van der Waals surface area contributed by atoms with E-state index < -0.39 is 0 Å². The van der Waals surface area contributed by atoms with Gasteiger partial charge in [0.1, 0.15) is 5.75 Å². The van der Waals surface area contributed by atoms with Gasteiger partial charge in [0.05, 0.1) is 0 Å². The molecule has 146 valence electrons. The molecule has 0 aromatic heterocycles. The zero-order chi connectivity index (χ0) is 19.1. The number of azide groups is 1. The van der Waals surface area contributed by atoms with Gasteiger partial charge in [-0.15, -0.1) is 12.4 Å². The number of nitrogens with zero attached hydrogens (tertiary/aromatic N) is 4. The molecule has 0 saturated carbocycles. The van der Waals surface area contributed by atoms with Gasteiger partial charge in [-0.2, -0.15) is 0 Å². The lowest BCUT2D eigenvalue weighted by atomic mass is 9.87. The monoisotopic (exact) mass is 388 g/mol. The summed E-state index contributed by atoms with van der Waals surface area (Å²) >= 11 is 0. The van der Waals surface area contributed by atoms with Crippen molar-refractivity contribution < 1.29 is 5.11 Å². The van der Waals surface area contributed by atoms with Gasteiger partial charge in [-0.05, 0) is 70.0 Å². The number of phenolic OH excluding ortho intramolecular Hbond substituents is 1. The van der Waals surface area contributed by atoms with Crippen LogP contribution in [-0.4, -0.2) is 28.6 Å². The molecule has 2 aromatic rings. The van der Waals surface area contributed by atoms with E-state index in [1.807, 2.05) is 18.2 Å². The first-order valence-corrected chi connectivity index (χ1v) is 9.12. The van der Waals surface area contributed by atoms with Crippen molar-refractivity contribution in [1.82, 2.24) is 4.90 Å². The molecule has 0 amide bonds. The Morgan fingerprint density at radius 1 is 1.04 bits per heavy atom. The number of aromatic hydroxyl groups is 1. The molecule has 27 heavy (non-hydrogen) atoms. The zero-order valence-corrected chi connectivity index (χ0v) is 17.2. The number of rotatable bonds is 8. The minimum Gasteiger partial charge on any atom is -0.508 e. The van der Waals surface area contributed by atoms with E-state index in [1.54, 1.807) is 18.2 Å². The fourth-order valence-corrected chi connectivity index (χ4v) is 3.51. The molecule has 0 aliphatic heterocycles. The minimum atomic E-state index is 0. The van der Waals surface area contributed by atoms with Crippen LogP contribution in [-0.2, 0) is 0 Å². The summed E-state index contributed by atoms with van der Waals surface area (Å²) in [6.45, 7) is 9.74. The van der Waals surface area contributed by atoms with E-state index >= 15 is 0 Å². The molecule has 0 saturated heterocycles. The highest BCUT2D eigenvalue weighted by Crippen LogP contribution is 2.36. The van der Waals surface area contributed by atoms with Crippen LogP contribution >= 0.6 is 12.4 Å². The van der Waals surface area contributed by atoms with E-state index in [-0.39, 0.29) is 24.1 Å². The van der Waals surface area contributed by atoms with Gasteiger partial charge in [0.15, 0.2) is 0 Å². The van der Waals surface area contributed by atoms with Crippen molar-refractivity contribution in [2.45, 2.75) is 52.1 Å². The summed E-state index contributed by atoms with van der Waals surface area (Å²) in [6.07, 6.45) is 0.869. The standard InChI is InChI=1S/C21H28N4O.ClH/c1-15(2)25(16(3)4)13-12-19(17-8-6-5-7-9-17)20-14-18(23-24-22)10-11-21(20)26;/h5-11,14-16,19,26H,12-13H2,1-4H3;1H/t19-;/m1./s1. The Morgan fingerprint density at radius 2 is 1.67 bits per heavy atom. The molecule has 0 heterocycles. The average molecular weight is 389 g/mol. The van der Waals surface area contributed by atoms with Gasteiger partial charge in [0.25, 0.3) is 0 Å². The van der Waals surface area contributed by atoms with Gasteiger partial charge < -0.3 is 5.11 Å². The third-order valence-electron chi connectivity index (χ3n) is 4.75. The number of benzene rings is 2. The smallest absolute Gasteiger partial charge is 0.119 e. The summed E-state index contributed by atoms with van der Waals surface area (Å²) in [6, 6.07) is 16.1. The number of halogens is 1. The average Bonchev–Trinajstić information content (AvgIpc) is 2.61. The molecule has 6 heteroatoms. The molecule has 0 radical (unpaired) electrons. The Kier molecular flexibility index (Phi) is 9.16. The van der Waals surface area contributed by atoms with E-state index in [0.29, 0.717) is 17.8 Å². The predicted molar refractivity (Wildman–Crippen MR) is 114 cm³/mol. The van der Waals surface area contributed by atoms with E-state index in [9.17, 15) is 5.11 Å². The van der Waals surface area contributed by atoms with Crippen LogP contribution in [0.15, 0.2) is 53.6 Å².